The number of amides is 5. The molecular weight excluding hydrogens is 767 g/mol. The van der Waals surface area contributed by atoms with Gasteiger partial charge >= 0.3 is 12.1 Å². The maximum atomic E-state index is 14.2. The van der Waals surface area contributed by atoms with Gasteiger partial charge in [-0.15, -0.1) is 0 Å². The zero-order valence-corrected chi connectivity index (χ0v) is 31.0. The zero-order valence-electron chi connectivity index (χ0n) is 30.3. The number of carbonyl (C=O) groups is 6. The SMILES string of the molecule is O=C1CCC(=O)NC(Cc2ccccc2)C(=O)N[C@@H](Cc2ccc(C(F)(F)F)cc2)C(=O)N[C@H](Cc2ccccc2Cl)C(=O)N[C@H](C(=O)O)Cc2ccc(cc2)N1. The van der Waals surface area contributed by atoms with Crippen LogP contribution in [0.4, 0.5) is 18.9 Å². The Kier molecular flexibility index (Phi) is 14.0. The lowest BCUT2D eigenvalue weighted by atomic mass is 9.99. The number of carbonyl (C=O) groups excluding carboxylic acids is 5. The number of carboxylic acids is 1. The smallest absolute Gasteiger partial charge is 0.416 e. The maximum absolute atomic E-state index is 14.2. The first-order valence-corrected chi connectivity index (χ1v) is 18.3. The lowest BCUT2D eigenvalue weighted by molar-refractivity contribution is -0.142. The zero-order chi connectivity index (χ0) is 41.1. The van der Waals surface area contributed by atoms with E-state index in [0.29, 0.717) is 22.4 Å². The fraction of sp³-hybridized carbons (Fsp3) is 0.268. The second-order valence-electron chi connectivity index (χ2n) is 13.5. The summed E-state index contributed by atoms with van der Waals surface area (Å²) in [6.45, 7) is 0. The van der Waals surface area contributed by atoms with Crippen LogP contribution in [0.2, 0.25) is 5.02 Å². The number of hydrogen-bond donors (Lipinski definition) is 6. The number of rotatable bonds is 7. The summed E-state index contributed by atoms with van der Waals surface area (Å²) in [6.07, 6.45) is -6.00. The molecule has 2 aliphatic heterocycles. The predicted octanol–water partition coefficient (Wildman–Crippen LogP) is 4.39. The second-order valence-corrected chi connectivity index (χ2v) is 13.9. The number of aliphatic carboxylic acids is 1. The van der Waals surface area contributed by atoms with E-state index in [9.17, 15) is 47.0 Å². The standard InChI is InChI=1S/C41H39ClF3N5O7/c42-30-9-5-4-8-27(30)23-33-39(55)50-34(40(56)57)22-26-12-16-29(17-13-26)46-35(51)18-19-36(52)47-31(20-24-6-2-1-3-7-24)37(53)48-32(38(54)49-33)21-25-10-14-28(15-11-25)41(43,44)45/h1-17,31-34H,18-23H2,(H,46,51)(H,47,52)(H,48,53)(H,49,54)(H,50,55)(H,56,57)/t31?,32-,33+,34-/m0/s1. The Balaban J connectivity index is 1.53. The molecular formula is C41H39ClF3N5O7. The Morgan fingerprint density at radius 3 is 1.75 bits per heavy atom. The van der Waals surface area contributed by atoms with Gasteiger partial charge in [-0.05, 0) is 52.6 Å². The average Bonchev–Trinajstić information content (AvgIpc) is 3.17. The molecule has 2 aliphatic rings. The van der Waals surface area contributed by atoms with Gasteiger partial charge in [0.2, 0.25) is 29.5 Å². The lowest BCUT2D eigenvalue weighted by Crippen LogP contribution is -2.59. The van der Waals surface area contributed by atoms with Crippen LogP contribution in [0, 0.1) is 0 Å². The Bertz CT molecular complexity index is 2080. The van der Waals surface area contributed by atoms with Gasteiger partial charge in [0, 0.05) is 49.2 Å². The van der Waals surface area contributed by atoms with Gasteiger partial charge < -0.3 is 31.7 Å². The summed E-state index contributed by atoms with van der Waals surface area (Å²) < 4.78 is 40.2. The van der Waals surface area contributed by atoms with E-state index >= 15 is 0 Å². The molecule has 2 heterocycles. The Hall–Kier alpha value is -6.22. The van der Waals surface area contributed by atoms with Crippen LogP contribution in [0.15, 0.2) is 103 Å². The molecule has 6 N–H and O–H groups in total. The van der Waals surface area contributed by atoms with Crippen molar-refractivity contribution in [2.24, 2.45) is 0 Å². The number of halogens is 4. The van der Waals surface area contributed by atoms with Gasteiger partial charge in [0.25, 0.3) is 0 Å². The molecule has 298 valence electrons. The minimum Gasteiger partial charge on any atom is -0.480 e. The third-order valence-electron chi connectivity index (χ3n) is 9.17. The van der Waals surface area contributed by atoms with Crippen molar-refractivity contribution in [1.82, 2.24) is 21.3 Å². The van der Waals surface area contributed by atoms with Crippen LogP contribution in [-0.4, -0.2) is 64.8 Å². The van der Waals surface area contributed by atoms with E-state index in [1.807, 2.05) is 0 Å². The van der Waals surface area contributed by atoms with Crippen molar-refractivity contribution in [2.45, 2.75) is 68.9 Å². The molecule has 4 aromatic rings. The van der Waals surface area contributed by atoms with Crippen LogP contribution in [0.1, 0.15) is 40.7 Å². The van der Waals surface area contributed by atoms with Crippen LogP contribution in [0.25, 0.3) is 0 Å². The number of nitrogens with one attached hydrogen (secondary N) is 5. The molecule has 4 atom stereocenters. The number of alkyl halides is 3. The quantitative estimate of drug-likeness (QED) is 0.150. The molecule has 0 aliphatic carbocycles. The van der Waals surface area contributed by atoms with Crippen molar-refractivity contribution >= 4 is 52.8 Å². The Morgan fingerprint density at radius 1 is 0.632 bits per heavy atom. The predicted molar refractivity (Wildman–Crippen MR) is 204 cm³/mol. The molecule has 12 nitrogen and oxygen atoms in total. The Morgan fingerprint density at radius 2 is 1.16 bits per heavy atom. The number of benzene rings is 4. The summed E-state index contributed by atoms with van der Waals surface area (Å²) in [7, 11) is 0. The van der Waals surface area contributed by atoms with E-state index in [1.165, 1.54) is 12.1 Å². The molecule has 1 unspecified atom stereocenters. The first-order chi connectivity index (χ1) is 27.1. The summed E-state index contributed by atoms with van der Waals surface area (Å²) in [4.78, 5) is 80.5. The summed E-state index contributed by atoms with van der Waals surface area (Å²) >= 11 is 6.41. The van der Waals surface area contributed by atoms with E-state index in [0.717, 1.165) is 24.3 Å². The highest BCUT2D eigenvalue weighted by Gasteiger charge is 2.34. The van der Waals surface area contributed by atoms with Crippen molar-refractivity contribution in [3.05, 3.63) is 136 Å². The first-order valence-electron chi connectivity index (χ1n) is 17.9. The van der Waals surface area contributed by atoms with E-state index in [4.69, 9.17) is 11.6 Å². The van der Waals surface area contributed by atoms with Crippen molar-refractivity contribution in [3.8, 4) is 0 Å². The van der Waals surface area contributed by atoms with Gasteiger partial charge in [-0.25, -0.2) is 4.79 Å². The fourth-order valence-corrected chi connectivity index (χ4v) is 6.33. The highest BCUT2D eigenvalue weighted by Crippen LogP contribution is 2.29. The molecule has 0 aromatic heterocycles. The topological polar surface area (TPSA) is 183 Å². The highest BCUT2D eigenvalue weighted by molar-refractivity contribution is 6.31. The van der Waals surface area contributed by atoms with Gasteiger partial charge in [0.1, 0.15) is 24.2 Å². The van der Waals surface area contributed by atoms with E-state index in [-0.39, 0.29) is 49.1 Å². The molecule has 6 rings (SSSR count). The number of carboxylic acid groups (broad SMARTS) is 1. The molecule has 16 heteroatoms. The van der Waals surface area contributed by atoms with Crippen LogP contribution in [-0.2, 0) is 60.6 Å². The van der Waals surface area contributed by atoms with Crippen LogP contribution in [0.3, 0.4) is 0 Å². The molecule has 0 saturated heterocycles. The number of anilines is 1. The highest BCUT2D eigenvalue weighted by atomic mass is 35.5. The summed E-state index contributed by atoms with van der Waals surface area (Å²) in [5.41, 5.74) is 1.19. The van der Waals surface area contributed by atoms with Gasteiger partial charge in [0.05, 0.1) is 5.56 Å². The summed E-state index contributed by atoms with van der Waals surface area (Å²) in [6, 6.07) is 19.5. The number of hydrogen-bond acceptors (Lipinski definition) is 6. The molecule has 4 aromatic carbocycles. The van der Waals surface area contributed by atoms with Crippen LogP contribution < -0.4 is 26.6 Å². The molecule has 0 radical (unpaired) electrons. The van der Waals surface area contributed by atoms with Gasteiger partial charge in [0.15, 0.2) is 0 Å². The second kappa shape index (κ2) is 19.1. The molecule has 2 bridgehead atoms. The summed E-state index contributed by atoms with van der Waals surface area (Å²) in [5.74, 6) is -5.23. The third kappa shape index (κ3) is 12.4. The monoisotopic (exact) mass is 805 g/mol. The van der Waals surface area contributed by atoms with Crippen molar-refractivity contribution in [3.63, 3.8) is 0 Å². The van der Waals surface area contributed by atoms with Gasteiger partial charge in [-0.1, -0.05) is 84.4 Å². The van der Waals surface area contributed by atoms with E-state index in [1.54, 1.807) is 66.7 Å². The van der Waals surface area contributed by atoms with Crippen LogP contribution in [0.5, 0.6) is 0 Å². The molecule has 0 spiro atoms. The third-order valence-corrected chi connectivity index (χ3v) is 9.54. The van der Waals surface area contributed by atoms with Crippen LogP contribution >= 0.6 is 11.6 Å². The fourth-order valence-electron chi connectivity index (χ4n) is 6.12. The lowest BCUT2D eigenvalue weighted by Gasteiger charge is -2.27. The van der Waals surface area contributed by atoms with E-state index in [2.05, 4.69) is 26.6 Å². The van der Waals surface area contributed by atoms with Crippen molar-refractivity contribution < 1.29 is 47.0 Å². The minimum atomic E-state index is -4.64. The average molecular weight is 806 g/mol. The van der Waals surface area contributed by atoms with Crippen molar-refractivity contribution in [2.75, 3.05) is 5.32 Å². The largest absolute Gasteiger partial charge is 0.480 e. The first kappa shape index (κ1) is 41.9. The van der Waals surface area contributed by atoms with Gasteiger partial charge in [-0.2, -0.15) is 13.2 Å². The Labute approximate surface area is 330 Å². The summed E-state index contributed by atoms with van der Waals surface area (Å²) in [5, 5.41) is 23.3. The molecule has 0 fully saturated rings. The van der Waals surface area contributed by atoms with Gasteiger partial charge in [-0.3, -0.25) is 24.0 Å². The molecule has 57 heavy (non-hydrogen) atoms. The normalized spacial score (nSPS) is 20.2. The minimum absolute atomic E-state index is 0.0420. The molecule has 5 amide bonds. The molecule has 0 saturated carbocycles. The van der Waals surface area contributed by atoms with Crippen molar-refractivity contribution in [1.29, 1.82) is 0 Å². The maximum Gasteiger partial charge on any atom is 0.416 e. The number of fused-ring (bicyclic) bond motifs is 18. The van der Waals surface area contributed by atoms with E-state index < -0.39 is 71.4 Å².